The van der Waals surface area contributed by atoms with Gasteiger partial charge in [-0.15, -0.1) is 11.3 Å². The molecule has 1 atom stereocenters. The van der Waals surface area contributed by atoms with Crippen LogP contribution in [0.2, 0.25) is 5.02 Å². The van der Waals surface area contributed by atoms with E-state index in [4.69, 9.17) is 16.3 Å². The Morgan fingerprint density at radius 3 is 2.74 bits per heavy atom. The second-order valence-electron chi connectivity index (χ2n) is 5.74. The maximum Gasteiger partial charge on any atom is 0.331 e. The number of hydrogen-bond donors (Lipinski definition) is 1. The molecule has 0 aliphatic rings. The fraction of sp³-hybridized carbons (Fsp3) is 0.150. The minimum absolute atomic E-state index is 0.266. The zero-order chi connectivity index (χ0) is 19.2. The molecule has 1 N–H and O–H groups in total. The van der Waals surface area contributed by atoms with Gasteiger partial charge in [0.1, 0.15) is 5.01 Å². The van der Waals surface area contributed by atoms with Gasteiger partial charge in [0, 0.05) is 17.6 Å². The van der Waals surface area contributed by atoms with Crippen molar-refractivity contribution in [2.75, 3.05) is 0 Å². The van der Waals surface area contributed by atoms with Gasteiger partial charge in [-0.05, 0) is 36.8 Å². The van der Waals surface area contributed by atoms with Gasteiger partial charge >= 0.3 is 5.97 Å². The van der Waals surface area contributed by atoms with Gasteiger partial charge in [0.05, 0.1) is 10.2 Å². The van der Waals surface area contributed by atoms with Crippen LogP contribution in [-0.2, 0) is 20.9 Å². The molecule has 0 spiro atoms. The van der Waals surface area contributed by atoms with E-state index in [0.29, 0.717) is 10.0 Å². The van der Waals surface area contributed by atoms with Crippen LogP contribution in [0.1, 0.15) is 17.5 Å². The summed E-state index contributed by atoms with van der Waals surface area (Å²) >= 11 is 7.52. The highest BCUT2D eigenvalue weighted by Crippen LogP contribution is 2.22. The van der Waals surface area contributed by atoms with Crippen molar-refractivity contribution < 1.29 is 14.3 Å². The molecule has 5 nitrogen and oxygen atoms in total. The Labute approximate surface area is 165 Å². The van der Waals surface area contributed by atoms with E-state index < -0.39 is 18.0 Å². The van der Waals surface area contributed by atoms with Gasteiger partial charge in [0.2, 0.25) is 0 Å². The Hall–Kier alpha value is -2.70. The first-order valence-corrected chi connectivity index (χ1v) is 9.48. The summed E-state index contributed by atoms with van der Waals surface area (Å²) in [5, 5.41) is 3.97. The fourth-order valence-electron chi connectivity index (χ4n) is 2.34. The second kappa shape index (κ2) is 8.79. The Morgan fingerprint density at radius 1 is 1.22 bits per heavy atom. The number of carbonyl (C=O) groups is 2. The lowest BCUT2D eigenvalue weighted by Crippen LogP contribution is -2.35. The van der Waals surface area contributed by atoms with Crippen LogP contribution in [0, 0.1) is 0 Å². The topological polar surface area (TPSA) is 68.3 Å². The predicted octanol–water partition coefficient (Wildman–Crippen LogP) is 4.21. The van der Waals surface area contributed by atoms with Crippen molar-refractivity contribution in [3.8, 4) is 0 Å². The summed E-state index contributed by atoms with van der Waals surface area (Å²) < 4.78 is 6.17. The average Bonchev–Trinajstić information content (AvgIpc) is 3.08. The number of esters is 1. The van der Waals surface area contributed by atoms with E-state index in [-0.39, 0.29) is 6.54 Å². The maximum atomic E-state index is 12.1. The summed E-state index contributed by atoms with van der Waals surface area (Å²) in [4.78, 5) is 28.4. The first kappa shape index (κ1) is 19.1. The van der Waals surface area contributed by atoms with E-state index in [1.165, 1.54) is 24.3 Å². The third kappa shape index (κ3) is 5.15. The number of carbonyl (C=O) groups excluding carboxylic acids is 2. The second-order valence-corrected chi connectivity index (χ2v) is 7.21. The molecule has 0 saturated heterocycles. The number of para-hydroxylation sites is 1. The summed E-state index contributed by atoms with van der Waals surface area (Å²) in [5.74, 6) is -0.994. The highest BCUT2D eigenvalue weighted by atomic mass is 35.5. The molecule has 0 radical (unpaired) electrons. The average molecular weight is 401 g/mol. The van der Waals surface area contributed by atoms with Crippen molar-refractivity contribution in [1.82, 2.24) is 10.3 Å². The van der Waals surface area contributed by atoms with Crippen LogP contribution in [0.3, 0.4) is 0 Å². The van der Waals surface area contributed by atoms with Crippen LogP contribution in [0.5, 0.6) is 0 Å². The zero-order valence-corrected chi connectivity index (χ0v) is 16.1. The van der Waals surface area contributed by atoms with Gasteiger partial charge < -0.3 is 10.1 Å². The highest BCUT2D eigenvalue weighted by Gasteiger charge is 2.16. The van der Waals surface area contributed by atoms with Gasteiger partial charge in [-0.25, -0.2) is 9.78 Å². The largest absolute Gasteiger partial charge is 0.449 e. The molecule has 1 heterocycles. The van der Waals surface area contributed by atoms with Crippen molar-refractivity contribution in [2.24, 2.45) is 0 Å². The third-order valence-corrected chi connectivity index (χ3v) is 5.12. The summed E-state index contributed by atoms with van der Waals surface area (Å²) in [6.07, 6.45) is 1.94. The summed E-state index contributed by atoms with van der Waals surface area (Å²) in [6.45, 7) is 1.79. The Kier molecular flexibility index (Phi) is 6.21. The van der Waals surface area contributed by atoms with Crippen LogP contribution in [-0.4, -0.2) is 23.0 Å². The Balaban J connectivity index is 1.52. The molecule has 3 aromatic rings. The number of hydrogen-bond acceptors (Lipinski definition) is 5. The van der Waals surface area contributed by atoms with Crippen molar-refractivity contribution in [2.45, 2.75) is 19.6 Å². The lowest BCUT2D eigenvalue weighted by atomic mass is 10.2. The number of aromatic nitrogens is 1. The molecule has 2 aromatic carbocycles. The number of halogens is 1. The van der Waals surface area contributed by atoms with Gasteiger partial charge in [0.25, 0.3) is 5.91 Å². The van der Waals surface area contributed by atoms with E-state index >= 15 is 0 Å². The van der Waals surface area contributed by atoms with Gasteiger partial charge in [-0.3, -0.25) is 4.79 Å². The lowest BCUT2D eigenvalue weighted by Gasteiger charge is -2.12. The zero-order valence-electron chi connectivity index (χ0n) is 14.5. The van der Waals surface area contributed by atoms with Gasteiger partial charge in [-0.1, -0.05) is 41.9 Å². The number of fused-ring (bicyclic) bond motifs is 1. The summed E-state index contributed by atoms with van der Waals surface area (Å²) in [5.41, 5.74) is 1.67. The molecule has 7 heteroatoms. The summed E-state index contributed by atoms with van der Waals surface area (Å²) in [6, 6.07) is 14.9. The number of thiazole rings is 1. The smallest absolute Gasteiger partial charge is 0.331 e. The number of ether oxygens (including phenoxy) is 1. The van der Waals surface area contributed by atoms with Gasteiger partial charge in [0.15, 0.2) is 6.10 Å². The standard InChI is InChI=1S/C20H17ClN2O3S/c1-13(20(25)22-12-14-6-2-3-7-15(14)21)26-19(24)11-10-18-23-16-8-4-5-9-17(16)27-18/h2-11,13H,12H2,1H3,(H,22,25)/b11-10+/t13-/m1/s1. The minimum Gasteiger partial charge on any atom is -0.449 e. The SMILES string of the molecule is C[C@@H](OC(=O)/C=C/c1nc2ccccc2s1)C(=O)NCc1ccccc1Cl. The van der Waals surface area contributed by atoms with Crippen molar-refractivity contribution in [1.29, 1.82) is 0 Å². The lowest BCUT2D eigenvalue weighted by molar-refractivity contribution is -0.150. The van der Waals surface area contributed by atoms with Crippen molar-refractivity contribution >= 4 is 51.1 Å². The molecule has 0 fully saturated rings. The number of rotatable bonds is 6. The van der Waals surface area contributed by atoms with E-state index in [2.05, 4.69) is 10.3 Å². The third-order valence-electron chi connectivity index (χ3n) is 3.75. The number of nitrogens with zero attached hydrogens (tertiary/aromatic N) is 1. The van der Waals surface area contributed by atoms with E-state index in [0.717, 1.165) is 15.8 Å². The molecule has 138 valence electrons. The molecule has 0 saturated carbocycles. The number of benzene rings is 2. The van der Waals surface area contributed by atoms with Crippen LogP contribution in [0.15, 0.2) is 54.6 Å². The predicted molar refractivity (Wildman–Crippen MR) is 108 cm³/mol. The van der Waals surface area contributed by atoms with Crippen LogP contribution in [0.25, 0.3) is 16.3 Å². The number of nitrogens with one attached hydrogen (secondary N) is 1. The monoisotopic (exact) mass is 400 g/mol. The normalized spacial score (nSPS) is 12.2. The van der Waals surface area contributed by atoms with Crippen molar-refractivity contribution in [3.05, 3.63) is 70.2 Å². The van der Waals surface area contributed by atoms with Crippen LogP contribution >= 0.6 is 22.9 Å². The van der Waals surface area contributed by atoms with E-state index in [9.17, 15) is 9.59 Å². The van der Waals surface area contributed by atoms with Crippen LogP contribution < -0.4 is 5.32 Å². The highest BCUT2D eigenvalue weighted by molar-refractivity contribution is 7.19. The first-order valence-electron chi connectivity index (χ1n) is 8.28. The van der Waals surface area contributed by atoms with Crippen molar-refractivity contribution in [3.63, 3.8) is 0 Å². The van der Waals surface area contributed by atoms with Gasteiger partial charge in [-0.2, -0.15) is 0 Å². The maximum absolute atomic E-state index is 12.1. The molecular formula is C20H17ClN2O3S. The molecular weight excluding hydrogens is 384 g/mol. The quantitative estimate of drug-likeness (QED) is 0.497. The molecule has 1 amide bonds. The molecule has 27 heavy (non-hydrogen) atoms. The molecule has 1 aromatic heterocycles. The first-order chi connectivity index (χ1) is 13.0. The summed E-state index contributed by atoms with van der Waals surface area (Å²) in [7, 11) is 0. The number of amides is 1. The molecule has 0 aliphatic heterocycles. The van der Waals surface area contributed by atoms with E-state index in [1.807, 2.05) is 42.5 Å². The molecule has 3 rings (SSSR count). The molecule has 0 aliphatic carbocycles. The van der Waals surface area contributed by atoms with Crippen LogP contribution in [0.4, 0.5) is 0 Å². The molecule has 0 bridgehead atoms. The Bertz CT molecular complexity index is 967. The minimum atomic E-state index is -0.917. The Morgan fingerprint density at radius 2 is 1.96 bits per heavy atom. The van der Waals surface area contributed by atoms with E-state index in [1.54, 1.807) is 12.1 Å². The fourth-order valence-corrected chi connectivity index (χ4v) is 3.41. The molecule has 0 unspecified atom stereocenters.